The molecule has 2 aromatic heterocycles. The zero-order chi connectivity index (χ0) is 17.1. The minimum atomic E-state index is -0.539. The second-order valence-electron chi connectivity index (χ2n) is 4.88. The molecular weight excluding hydrogens is 332 g/mol. The van der Waals surface area contributed by atoms with Crippen LogP contribution < -0.4 is 10.1 Å². The van der Waals surface area contributed by atoms with Crippen LogP contribution in [0.25, 0.3) is 10.2 Å². The first-order valence-corrected chi connectivity index (χ1v) is 7.79. The fraction of sp³-hybridized carbons (Fsp3) is 0.133. The lowest BCUT2D eigenvalue weighted by Gasteiger charge is -2.09. The fourth-order valence-electron chi connectivity index (χ4n) is 2.16. The van der Waals surface area contributed by atoms with E-state index in [0.29, 0.717) is 11.4 Å². The zero-order valence-corrected chi connectivity index (χ0v) is 13.4. The molecule has 0 saturated carbocycles. The number of carbonyl (C=O) groups is 1. The van der Waals surface area contributed by atoms with Gasteiger partial charge in [0.25, 0.3) is 11.6 Å². The number of aromatic nitrogens is 2. The van der Waals surface area contributed by atoms with Gasteiger partial charge in [-0.15, -0.1) is 11.3 Å². The molecule has 0 saturated heterocycles. The third kappa shape index (κ3) is 3.15. The van der Waals surface area contributed by atoms with Gasteiger partial charge in [0.15, 0.2) is 6.61 Å². The van der Waals surface area contributed by atoms with Crippen LogP contribution in [0.5, 0.6) is 5.88 Å². The van der Waals surface area contributed by atoms with Crippen molar-refractivity contribution in [3.63, 3.8) is 0 Å². The zero-order valence-electron chi connectivity index (χ0n) is 12.6. The molecule has 8 nitrogen and oxygen atoms in total. The highest BCUT2D eigenvalue weighted by Crippen LogP contribution is 2.28. The standard InChI is InChI=1S/C15H12N4O4S/c1-9-3-2-4-11(19(21)22)13(9)18-12(20)7-23-14-10-5-6-24-15(10)17-8-16-14/h2-6,8H,7H2,1H3,(H,18,20). The van der Waals surface area contributed by atoms with Gasteiger partial charge in [0.05, 0.1) is 10.3 Å². The van der Waals surface area contributed by atoms with Gasteiger partial charge in [-0.1, -0.05) is 12.1 Å². The molecular formula is C15H12N4O4S. The van der Waals surface area contributed by atoms with E-state index in [2.05, 4.69) is 15.3 Å². The molecule has 0 bridgehead atoms. The van der Waals surface area contributed by atoms with E-state index in [4.69, 9.17) is 4.74 Å². The minimum Gasteiger partial charge on any atom is -0.467 e. The molecule has 0 aliphatic carbocycles. The summed E-state index contributed by atoms with van der Waals surface area (Å²) in [4.78, 5) is 31.5. The molecule has 1 aromatic carbocycles. The molecule has 1 amide bonds. The SMILES string of the molecule is Cc1cccc([N+](=O)[O-])c1NC(=O)COc1ncnc2sccc12. The topological polar surface area (TPSA) is 107 Å². The lowest BCUT2D eigenvalue weighted by atomic mass is 10.1. The lowest BCUT2D eigenvalue weighted by Crippen LogP contribution is -2.21. The summed E-state index contributed by atoms with van der Waals surface area (Å²) in [5.74, 6) is -0.204. The summed E-state index contributed by atoms with van der Waals surface area (Å²) in [6, 6.07) is 6.39. The second-order valence-corrected chi connectivity index (χ2v) is 5.78. The lowest BCUT2D eigenvalue weighted by molar-refractivity contribution is -0.384. The highest BCUT2D eigenvalue weighted by molar-refractivity contribution is 7.16. The van der Waals surface area contributed by atoms with Gasteiger partial charge < -0.3 is 10.1 Å². The van der Waals surface area contributed by atoms with E-state index in [1.807, 2.05) is 5.38 Å². The van der Waals surface area contributed by atoms with Crippen LogP contribution in [-0.2, 0) is 4.79 Å². The number of benzene rings is 1. The van der Waals surface area contributed by atoms with Gasteiger partial charge in [-0.05, 0) is 23.9 Å². The van der Waals surface area contributed by atoms with Crippen LogP contribution in [0.1, 0.15) is 5.56 Å². The number of hydrogen-bond donors (Lipinski definition) is 1. The Bertz CT molecular complexity index is 925. The molecule has 1 N–H and O–H groups in total. The third-order valence-electron chi connectivity index (χ3n) is 3.28. The number of amides is 1. The average molecular weight is 344 g/mol. The Morgan fingerprint density at radius 1 is 1.38 bits per heavy atom. The van der Waals surface area contributed by atoms with Crippen molar-refractivity contribution in [2.45, 2.75) is 6.92 Å². The number of thiophene rings is 1. The van der Waals surface area contributed by atoms with Gasteiger partial charge in [-0.25, -0.2) is 9.97 Å². The number of rotatable bonds is 5. The summed E-state index contributed by atoms with van der Waals surface area (Å²) in [7, 11) is 0. The number of anilines is 1. The van der Waals surface area contributed by atoms with Crippen molar-refractivity contribution in [1.29, 1.82) is 0 Å². The van der Waals surface area contributed by atoms with Crippen molar-refractivity contribution in [3.8, 4) is 5.88 Å². The van der Waals surface area contributed by atoms with Crippen molar-refractivity contribution >= 4 is 38.8 Å². The molecule has 0 atom stereocenters. The van der Waals surface area contributed by atoms with Crippen LogP contribution >= 0.6 is 11.3 Å². The monoisotopic (exact) mass is 344 g/mol. The first kappa shape index (κ1) is 15.8. The predicted octanol–water partition coefficient (Wildman–Crippen LogP) is 2.93. The molecule has 9 heteroatoms. The van der Waals surface area contributed by atoms with Gasteiger partial charge in [0.2, 0.25) is 5.88 Å². The Labute approximate surface area is 140 Å². The Balaban J connectivity index is 1.73. The van der Waals surface area contributed by atoms with E-state index in [-0.39, 0.29) is 18.0 Å². The van der Waals surface area contributed by atoms with E-state index in [1.165, 1.54) is 23.7 Å². The number of ether oxygens (including phenoxy) is 1. The number of fused-ring (bicyclic) bond motifs is 1. The summed E-state index contributed by atoms with van der Waals surface area (Å²) < 4.78 is 5.43. The molecule has 0 unspecified atom stereocenters. The molecule has 0 aliphatic heterocycles. The smallest absolute Gasteiger partial charge is 0.293 e. The maximum atomic E-state index is 12.1. The molecule has 0 spiro atoms. The van der Waals surface area contributed by atoms with Crippen LogP contribution in [0.15, 0.2) is 36.0 Å². The van der Waals surface area contributed by atoms with E-state index in [0.717, 1.165) is 10.2 Å². The molecule has 0 aliphatic rings. The maximum absolute atomic E-state index is 12.1. The van der Waals surface area contributed by atoms with Crippen LogP contribution in [0.2, 0.25) is 0 Å². The maximum Gasteiger partial charge on any atom is 0.293 e. The highest BCUT2D eigenvalue weighted by Gasteiger charge is 2.18. The van der Waals surface area contributed by atoms with Crippen LogP contribution in [0.3, 0.4) is 0 Å². The fourth-order valence-corrected chi connectivity index (χ4v) is 2.88. The number of hydrogen-bond acceptors (Lipinski definition) is 7. The first-order chi connectivity index (χ1) is 11.6. The Kier molecular flexibility index (Phi) is 4.34. The van der Waals surface area contributed by atoms with Gasteiger partial charge in [0.1, 0.15) is 16.8 Å². The van der Waals surface area contributed by atoms with Gasteiger partial charge in [0, 0.05) is 6.07 Å². The van der Waals surface area contributed by atoms with Crippen molar-refractivity contribution in [2.75, 3.05) is 11.9 Å². The van der Waals surface area contributed by atoms with Crippen LogP contribution in [0.4, 0.5) is 11.4 Å². The Morgan fingerprint density at radius 3 is 3.00 bits per heavy atom. The molecule has 0 fully saturated rings. The average Bonchev–Trinajstić information content (AvgIpc) is 3.03. The van der Waals surface area contributed by atoms with E-state index >= 15 is 0 Å². The quantitative estimate of drug-likeness (QED) is 0.563. The molecule has 122 valence electrons. The van der Waals surface area contributed by atoms with Crippen molar-refractivity contribution < 1.29 is 14.5 Å². The molecule has 2 heterocycles. The summed E-state index contributed by atoms with van der Waals surface area (Å²) in [6.45, 7) is 1.37. The predicted molar refractivity (Wildman–Crippen MR) is 89.4 cm³/mol. The number of nitro groups is 1. The minimum absolute atomic E-state index is 0.161. The van der Waals surface area contributed by atoms with Gasteiger partial charge in [-0.2, -0.15) is 0 Å². The number of nitrogens with zero attached hydrogens (tertiary/aromatic N) is 3. The number of carbonyl (C=O) groups excluding carboxylic acids is 1. The first-order valence-electron chi connectivity index (χ1n) is 6.91. The van der Waals surface area contributed by atoms with Crippen LogP contribution in [0, 0.1) is 17.0 Å². The molecule has 3 aromatic rings. The number of aryl methyl sites for hydroxylation is 1. The van der Waals surface area contributed by atoms with E-state index < -0.39 is 10.8 Å². The third-order valence-corrected chi connectivity index (χ3v) is 4.10. The largest absolute Gasteiger partial charge is 0.467 e. The molecule has 24 heavy (non-hydrogen) atoms. The molecule has 3 rings (SSSR count). The van der Waals surface area contributed by atoms with E-state index in [9.17, 15) is 14.9 Å². The summed E-state index contributed by atoms with van der Waals surface area (Å²) in [5.41, 5.74) is 0.602. The Hall–Kier alpha value is -3.07. The van der Waals surface area contributed by atoms with Crippen LogP contribution in [-0.4, -0.2) is 27.4 Å². The van der Waals surface area contributed by atoms with Crippen molar-refractivity contribution in [3.05, 3.63) is 51.7 Å². The summed E-state index contributed by atoms with van der Waals surface area (Å²) >= 11 is 1.44. The summed E-state index contributed by atoms with van der Waals surface area (Å²) in [6.07, 6.45) is 1.36. The number of nitro benzene ring substituents is 1. The highest BCUT2D eigenvalue weighted by atomic mass is 32.1. The number of nitrogens with one attached hydrogen (secondary N) is 1. The van der Waals surface area contributed by atoms with Gasteiger partial charge >= 0.3 is 0 Å². The summed E-state index contributed by atoms with van der Waals surface area (Å²) in [5, 5.41) is 16.2. The molecule has 0 radical (unpaired) electrons. The Morgan fingerprint density at radius 2 is 2.21 bits per heavy atom. The second kappa shape index (κ2) is 6.59. The van der Waals surface area contributed by atoms with Gasteiger partial charge in [-0.3, -0.25) is 14.9 Å². The number of para-hydroxylation sites is 1. The normalized spacial score (nSPS) is 10.5. The van der Waals surface area contributed by atoms with Crippen molar-refractivity contribution in [1.82, 2.24) is 9.97 Å². The van der Waals surface area contributed by atoms with E-state index in [1.54, 1.807) is 25.1 Å². The van der Waals surface area contributed by atoms with Crippen molar-refractivity contribution in [2.24, 2.45) is 0 Å².